The van der Waals surface area contributed by atoms with Crippen LogP contribution < -0.4 is 5.43 Å². The number of nitrogens with one attached hydrogen (secondary N) is 1. The predicted octanol–water partition coefficient (Wildman–Crippen LogP) is 6.13. The minimum absolute atomic E-state index is 0.0457. The smallest absolute Gasteiger partial charge is 0.303 e. The summed E-state index contributed by atoms with van der Waals surface area (Å²) in [5.74, 6) is -0.217. The number of carbonyl (C=O) groups is 2. The molecule has 10 atom stereocenters. The third kappa shape index (κ3) is 5.93. The van der Waals surface area contributed by atoms with Crippen molar-refractivity contribution in [3.63, 3.8) is 0 Å². The Bertz CT molecular complexity index is 1370. The number of rotatable bonds is 7. The van der Waals surface area contributed by atoms with Gasteiger partial charge in [-0.25, -0.2) is 5.43 Å². The van der Waals surface area contributed by atoms with E-state index in [0.29, 0.717) is 37.2 Å². The number of hydrogen-bond donors (Lipinski definition) is 3. The number of carbonyl (C=O) groups excluding carboxylic acids is 2. The first-order chi connectivity index (χ1) is 21.2. The van der Waals surface area contributed by atoms with E-state index in [1.807, 2.05) is 26.0 Å². The second-order valence-corrected chi connectivity index (χ2v) is 15.3. The summed E-state index contributed by atoms with van der Waals surface area (Å²) in [5.41, 5.74) is 5.48. The lowest BCUT2D eigenvalue weighted by molar-refractivity contribution is -0.234. The van der Waals surface area contributed by atoms with E-state index >= 15 is 0 Å². The van der Waals surface area contributed by atoms with Crippen LogP contribution >= 0.6 is 0 Å². The van der Waals surface area contributed by atoms with Crippen LogP contribution in [0, 0.1) is 39.9 Å². The van der Waals surface area contributed by atoms with Crippen LogP contribution in [-0.4, -0.2) is 51.6 Å². The van der Waals surface area contributed by atoms with E-state index in [2.05, 4.69) is 49.3 Å². The number of aliphatic hydroxyl groups is 2. The Labute approximate surface area is 268 Å². The lowest BCUT2D eigenvalue weighted by Gasteiger charge is -2.69. The molecule has 1 aromatic rings. The molecule has 0 saturated heterocycles. The molecular formula is C37H53N3O5. The van der Waals surface area contributed by atoms with Crippen molar-refractivity contribution in [2.24, 2.45) is 45.0 Å². The first-order valence-electron chi connectivity index (χ1n) is 16.9. The molecule has 0 aromatic carbocycles. The topological polar surface area (TPSA) is 121 Å². The first kappa shape index (κ1) is 33.5. The molecule has 1 unspecified atom stereocenters. The van der Waals surface area contributed by atoms with E-state index in [1.165, 1.54) is 12.5 Å². The summed E-state index contributed by atoms with van der Waals surface area (Å²) >= 11 is 0. The van der Waals surface area contributed by atoms with Crippen molar-refractivity contribution in [3.05, 3.63) is 52.9 Å². The van der Waals surface area contributed by atoms with Crippen LogP contribution in [0.25, 0.3) is 0 Å². The fraction of sp³-hybridized carbons (Fsp3) is 0.676. The van der Waals surface area contributed by atoms with Gasteiger partial charge in [0.05, 0.1) is 18.4 Å². The number of hydrogen-bond acceptors (Lipinski definition) is 7. The highest BCUT2D eigenvalue weighted by molar-refractivity contribution is 5.95. The first-order valence-corrected chi connectivity index (χ1v) is 16.9. The molecular weight excluding hydrogens is 566 g/mol. The van der Waals surface area contributed by atoms with E-state index < -0.39 is 12.2 Å². The molecule has 246 valence electrons. The molecule has 4 saturated carbocycles. The zero-order chi connectivity index (χ0) is 32.7. The number of aliphatic hydroxyl groups excluding tert-OH is 2. The Kier molecular flexibility index (Phi) is 9.50. The van der Waals surface area contributed by atoms with Gasteiger partial charge in [-0.15, -0.1) is 0 Å². The summed E-state index contributed by atoms with van der Waals surface area (Å²) in [5, 5.41) is 27.2. The number of hydrazone groups is 1. The largest absolute Gasteiger partial charge is 0.458 e. The summed E-state index contributed by atoms with van der Waals surface area (Å²) < 4.78 is 6.08. The third-order valence-corrected chi connectivity index (χ3v) is 12.6. The van der Waals surface area contributed by atoms with E-state index in [1.54, 1.807) is 18.6 Å². The highest BCUT2D eigenvalue weighted by Gasteiger charge is 2.70. The predicted molar refractivity (Wildman–Crippen MR) is 175 cm³/mol. The van der Waals surface area contributed by atoms with Crippen molar-refractivity contribution < 1.29 is 24.5 Å². The zero-order valence-electron chi connectivity index (χ0n) is 28.2. The van der Waals surface area contributed by atoms with Crippen molar-refractivity contribution in [1.82, 2.24) is 10.4 Å². The maximum atomic E-state index is 14.0. The minimum Gasteiger partial charge on any atom is -0.458 e. The Morgan fingerprint density at radius 1 is 1.11 bits per heavy atom. The van der Waals surface area contributed by atoms with Gasteiger partial charge < -0.3 is 14.9 Å². The molecule has 1 aromatic heterocycles. The molecule has 0 aliphatic heterocycles. The fourth-order valence-corrected chi connectivity index (χ4v) is 10.5. The molecule has 8 nitrogen and oxygen atoms in total. The van der Waals surface area contributed by atoms with Gasteiger partial charge in [0.1, 0.15) is 6.10 Å². The van der Waals surface area contributed by atoms with Gasteiger partial charge >= 0.3 is 5.97 Å². The van der Waals surface area contributed by atoms with Crippen LogP contribution in [-0.2, 0) is 14.3 Å². The van der Waals surface area contributed by atoms with E-state index in [4.69, 9.17) is 4.74 Å². The Hall–Kier alpha value is -2.84. The highest BCUT2D eigenvalue weighted by Crippen LogP contribution is 2.74. The van der Waals surface area contributed by atoms with Crippen LogP contribution in [0.1, 0.15) is 105 Å². The Morgan fingerprint density at radius 2 is 1.87 bits per heavy atom. The van der Waals surface area contributed by atoms with Crippen LogP contribution in [0.2, 0.25) is 0 Å². The summed E-state index contributed by atoms with van der Waals surface area (Å²) in [7, 11) is 0. The number of amides is 1. The molecule has 1 heterocycles. The van der Waals surface area contributed by atoms with Gasteiger partial charge in [-0.1, -0.05) is 45.4 Å². The second kappa shape index (κ2) is 12.7. The van der Waals surface area contributed by atoms with E-state index in [-0.39, 0.29) is 52.0 Å². The molecule has 5 rings (SSSR count). The molecule has 0 bridgehead atoms. The molecule has 3 N–H and O–H groups in total. The zero-order valence-corrected chi connectivity index (χ0v) is 28.2. The minimum atomic E-state index is -0.569. The molecule has 4 fully saturated rings. The molecule has 0 radical (unpaired) electrons. The lowest BCUT2D eigenvalue weighted by Crippen LogP contribution is -2.65. The number of allylic oxidation sites excluding steroid dienone is 2. The molecule has 8 heteroatoms. The average molecular weight is 620 g/mol. The van der Waals surface area contributed by atoms with Gasteiger partial charge in [0, 0.05) is 30.5 Å². The number of nitrogens with zero attached hydrogens (tertiary/aromatic N) is 2. The third-order valence-electron chi connectivity index (χ3n) is 12.6. The summed E-state index contributed by atoms with van der Waals surface area (Å²) in [6.45, 7) is 14.7. The summed E-state index contributed by atoms with van der Waals surface area (Å²) in [4.78, 5) is 30.7. The maximum Gasteiger partial charge on any atom is 0.303 e. The number of aromatic nitrogens is 1. The Morgan fingerprint density at radius 3 is 2.53 bits per heavy atom. The number of ether oxygens (including phenoxy) is 1. The molecule has 4 aliphatic carbocycles. The molecule has 45 heavy (non-hydrogen) atoms. The fourth-order valence-electron chi connectivity index (χ4n) is 10.5. The van der Waals surface area contributed by atoms with E-state index in [9.17, 15) is 19.8 Å². The average Bonchev–Trinajstić information content (AvgIpc) is 3.24. The van der Waals surface area contributed by atoms with Crippen LogP contribution in [0.15, 0.2) is 52.4 Å². The van der Waals surface area contributed by atoms with Crippen LogP contribution in [0.5, 0.6) is 0 Å². The number of esters is 1. The molecule has 4 aliphatic rings. The van der Waals surface area contributed by atoms with E-state index in [0.717, 1.165) is 36.8 Å². The Balaban J connectivity index is 1.58. The van der Waals surface area contributed by atoms with Crippen molar-refractivity contribution in [3.8, 4) is 0 Å². The normalized spacial score (nSPS) is 40.2. The quantitative estimate of drug-likeness (QED) is 0.111. The maximum absolute atomic E-state index is 14.0. The van der Waals surface area contributed by atoms with Gasteiger partial charge in [-0.3, -0.25) is 14.6 Å². The van der Waals surface area contributed by atoms with Gasteiger partial charge in [0.25, 0.3) is 5.91 Å². The van der Waals surface area contributed by atoms with Gasteiger partial charge in [-0.2, -0.15) is 5.10 Å². The molecule has 0 spiro atoms. The highest BCUT2D eigenvalue weighted by atomic mass is 16.5. The van der Waals surface area contributed by atoms with Gasteiger partial charge in [0.15, 0.2) is 0 Å². The van der Waals surface area contributed by atoms with Crippen molar-refractivity contribution >= 4 is 18.1 Å². The number of pyridine rings is 1. The van der Waals surface area contributed by atoms with Crippen LogP contribution in [0.4, 0.5) is 0 Å². The SMILES string of the molecule is CC(=O)O[C@H]1C[C@@]2(C)[C@@H](C[C@@H](O)C3[C@]2(C)CC[C@H]2[C@H](C)[C@H](O)CC[C@]32C)/C1=C(\CCC=C(C)C)C(=O)N/N=C/c1cccnc1. The standard InChI is InChI=1S/C37H53N3O5/c1-22(2)10-8-12-26(34(44)40-39-21-25-11-9-17-38-20-25)32-28-18-30(43)33-35(5)15-14-29(42)23(3)27(35)13-16-36(33,6)37(28,7)19-31(32)45-24(4)41/h9-11,17,20-21,23,27-31,33,42-43H,8,12-16,18-19H2,1-7H3,(H,40,44)/b32-26-,39-21+/t23-,27-,28-,29+,30+,31-,33?,35-,36-,37-/m0/s1. The van der Waals surface area contributed by atoms with Crippen molar-refractivity contribution in [1.29, 1.82) is 0 Å². The summed E-state index contributed by atoms with van der Waals surface area (Å²) in [6, 6.07) is 3.67. The van der Waals surface area contributed by atoms with Crippen molar-refractivity contribution in [2.75, 3.05) is 0 Å². The monoisotopic (exact) mass is 619 g/mol. The van der Waals surface area contributed by atoms with Gasteiger partial charge in [0.2, 0.25) is 0 Å². The lowest BCUT2D eigenvalue weighted by atomic mass is 9.36. The van der Waals surface area contributed by atoms with Crippen LogP contribution in [0.3, 0.4) is 0 Å². The van der Waals surface area contributed by atoms with Gasteiger partial charge in [-0.05, 0) is 117 Å². The summed E-state index contributed by atoms with van der Waals surface area (Å²) in [6.07, 6.45) is 11.5. The molecule has 1 amide bonds. The van der Waals surface area contributed by atoms with Crippen molar-refractivity contribution in [2.45, 2.75) is 118 Å². The second-order valence-electron chi connectivity index (χ2n) is 15.3. The number of fused-ring (bicyclic) bond motifs is 5.